The molecule has 0 aromatic heterocycles. The molecule has 50 valence electrons. The quantitative estimate of drug-likeness (QED) is 0.421. The average molecular weight is 129 g/mol. The molecule has 1 aliphatic heterocycles. The molecule has 3 amide bonds. The van der Waals surface area contributed by atoms with Crippen LogP contribution in [0, 0.1) is 0 Å². The maximum absolute atomic E-state index is 10.5. The van der Waals surface area contributed by atoms with Gasteiger partial charge < -0.3 is 10.6 Å². The summed E-state index contributed by atoms with van der Waals surface area (Å²) in [5, 5.41) is 2.09. The van der Waals surface area contributed by atoms with Crippen LogP contribution in [0.2, 0.25) is 0 Å². The molecule has 1 saturated heterocycles. The minimum atomic E-state index is -0.400. The zero-order valence-corrected chi connectivity index (χ0v) is 4.76. The number of nitrogens with two attached hydrogens (primary N) is 1. The lowest BCUT2D eigenvalue weighted by molar-refractivity contribution is -0.118. The zero-order chi connectivity index (χ0) is 6.85. The highest BCUT2D eigenvalue weighted by Gasteiger charge is 2.24. The molecule has 5 nitrogen and oxygen atoms in total. The normalized spacial score (nSPS) is 18.6. The summed E-state index contributed by atoms with van der Waals surface area (Å²) in [5.74, 6) is -0.287. The molecule has 0 unspecified atom stereocenters. The Kier molecular flexibility index (Phi) is 1.35. The first kappa shape index (κ1) is 6.03. The Bertz CT molecular complexity index is 156. The number of nitrogens with zero attached hydrogens (tertiary/aromatic N) is 1. The van der Waals surface area contributed by atoms with E-state index in [-0.39, 0.29) is 19.1 Å². The first-order valence-electron chi connectivity index (χ1n) is 2.53. The molecule has 5 heteroatoms. The Balaban J connectivity index is 2.58. The minimum absolute atomic E-state index is 0.0926. The van der Waals surface area contributed by atoms with E-state index < -0.39 is 6.03 Å². The van der Waals surface area contributed by atoms with Crippen LogP contribution < -0.4 is 11.1 Å². The minimum Gasteiger partial charge on any atom is -0.314 e. The highest BCUT2D eigenvalue weighted by molar-refractivity contribution is 6.01. The van der Waals surface area contributed by atoms with Gasteiger partial charge in [0.25, 0.3) is 0 Å². The molecule has 3 N–H and O–H groups in total. The smallest absolute Gasteiger partial charge is 0.314 e. The Labute approximate surface area is 51.8 Å². The first-order chi connectivity index (χ1) is 4.24. The van der Waals surface area contributed by atoms with Crippen LogP contribution in [-0.4, -0.2) is 30.1 Å². The van der Waals surface area contributed by atoms with Crippen molar-refractivity contribution in [2.75, 3.05) is 13.2 Å². The first-order valence-corrected chi connectivity index (χ1v) is 2.53. The third-order valence-electron chi connectivity index (χ3n) is 1.09. The van der Waals surface area contributed by atoms with Gasteiger partial charge >= 0.3 is 6.03 Å². The van der Waals surface area contributed by atoms with Crippen LogP contribution in [0.25, 0.3) is 0 Å². The van der Waals surface area contributed by atoms with Gasteiger partial charge in [0.15, 0.2) is 0 Å². The lowest BCUT2D eigenvalue weighted by Gasteiger charge is -2.06. The van der Waals surface area contributed by atoms with E-state index in [4.69, 9.17) is 5.73 Å². The second-order valence-electron chi connectivity index (χ2n) is 1.73. The van der Waals surface area contributed by atoms with Crippen molar-refractivity contribution < 1.29 is 9.59 Å². The van der Waals surface area contributed by atoms with Gasteiger partial charge in [-0.1, -0.05) is 0 Å². The van der Waals surface area contributed by atoms with Gasteiger partial charge in [-0.25, -0.2) is 4.79 Å². The van der Waals surface area contributed by atoms with E-state index in [1.807, 2.05) is 0 Å². The molecule has 0 saturated carbocycles. The van der Waals surface area contributed by atoms with Crippen molar-refractivity contribution in [3.63, 3.8) is 0 Å². The molecule has 0 spiro atoms. The molecule has 0 aromatic carbocycles. The summed E-state index contributed by atoms with van der Waals surface area (Å²) in [7, 11) is 0. The predicted octanol–water partition coefficient (Wildman–Crippen LogP) is -1.55. The summed E-state index contributed by atoms with van der Waals surface area (Å²) in [6.07, 6.45) is 0. The van der Waals surface area contributed by atoms with Gasteiger partial charge in [0.2, 0.25) is 5.91 Å². The largest absolute Gasteiger partial charge is 0.325 e. The summed E-state index contributed by atoms with van der Waals surface area (Å²) >= 11 is 0. The number of urea groups is 1. The summed E-state index contributed by atoms with van der Waals surface area (Å²) in [6, 6.07) is -0.400. The van der Waals surface area contributed by atoms with Crippen LogP contribution in [0.4, 0.5) is 4.79 Å². The van der Waals surface area contributed by atoms with Crippen molar-refractivity contribution in [2.45, 2.75) is 0 Å². The molecule has 0 atom stereocenters. The van der Waals surface area contributed by atoms with Crippen molar-refractivity contribution in [1.82, 2.24) is 10.2 Å². The van der Waals surface area contributed by atoms with Gasteiger partial charge in [0.1, 0.15) is 6.54 Å². The summed E-state index contributed by atoms with van der Waals surface area (Å²) in [6.45, 7) is 0.187. The molecule has 9 heavy (non-hydrogen) atoms. The standard InChI is InChI=1S/C4H7N3O2/c5-2-7-1-3(8)6-4(7)9/h1-2,5H2,(H,6,8,9). The van der Waals surface area contributed by atoms with Crippen LogP contribution in [0.3, 0.4) is 0 Å². The average Bonchev–Trinajstić information content (AvgIpc) is 2.10. The van der Waals surface area contributed by atoms with Crippen LogP contribution in [0.15, 0.2) is 0 Å². The van der Waals surface area contributed by atoms with Crippen molar-refractivity contribution in [1.29, 1.82) is 0 Å². The fourth-order valence-electron chi connectivity index (χ4n) is 0.630. The maximum atomic E-state index is 10.5. The highest BCUT2D eigenvalue weighted by Crippen LogP contribution is 1.92. The molecule has 1 heterocycles. The molecule has 0 radical (unpaired) electrons. The van der Waals surface area contributed by atoms with Gasteiger partial charge in [0.05, 0.1) is 6.67 Å². The van der Waals surface area contributed by atoms with Crippen LogP contribution in [0.1, 0.15) is 0 Å². The summed E-state index contributed by atoms with van der Waals surface area (Å²) in [4.78, 5) is 22.1. The molecule has 0 aromatic rings. The topological polar surface area (TPSA) is 75.4 Å². The monoisotopic (exact) mass is 129 g/mol. The third-order valence-corrected chi connectivity index (χ3v) is 1.09. The van der Waals surface area contributed by atoms with E-state index in [9.17, 15) is 9.59 Å². The van der Waals surface area contributed by atoms with E-state index in [0.29, 0.717) is 0 Å². The number of carbonyl (C=O) groups excluding carboxylic acids is 2. The van der Waals surface area contributed by atoms with E-state index in [1.165, 1.54) is 4.90 Å². The zero-order valence-electron chi connectivity index (χ0n) is 4.76. The van der Waals surface area contributed by atoms with Gasteiger partial charge in [-0.2, -0.15) is 0 Å². The Morgan fingerprint density at radius 1 is 1.67 bits per heavy atom. The summed E-state index contributed by atoms with van der Waals surface area (Å²) < 4.78 is 0. The van der Waals surface area contributed by atoms with Crippen molar-refractivity contribution in [3.8, 4) is 0 Å². The molecular weight excluding hydrogens is 122 g/mol. The number of hydrogen-bond acceptors (Lipinski definition) is 3. The third kappa shape index (κ3) is 0.996. The SMILES string of the molecule is NCN1CC(=O)NC1=O. The van der Waals surface area contributed by atoms with Crippen LogP contribution in [-0.2, 0) is 4.79 Å². The van der Waals surface area contributed by atoms with E-state index in [0.717, 1.165) is 0 Å². The molecule has 0 bridgehead atoms. The number of carbonyl (C=O) groups is 2. The second kappa shape index (κ2) is 2.02. The lowest BCUT2D eigenvalue weighted by Crippen LogP contribution is -2.33. The van der Waals surface area contributed by atoms with Gasteiger partial charge in [-0.3, -0.25) is 10.1 Å². The van der Waals surface area contributed by atoms with Gasteiger partial charge in [-0.15, -0.1) is 0 Å². The van der Waals surface area contributed by atoms with E-state index >= 15 is 0 Å². The number of imide groups is 1. The maximum Gasteiger partial charge on any atom is 0.325 e. The molecule has 0 aliphatic carbocycles. The second-order valence-corrected chi connectivity index (χ2v) is 1.73. The number of amides is 3. The van der Waals surface area contributed by atoms with Crippen molar-refractivity contribution >= 4 is 11.9 Å². The fraction of sp³-hybridized carbons (Fsp3) is 0.500. The van der Waals surface area contributed by atoms with Gasteiger partial charge in [-0.05, 0) is 0 Å². The molecule has 1 rings (SSSR count). The number of hydrogen-bond donors (Lipinski definition) is 2. The molecular formula is C4H7N3O2. The fourth-order valence-corrected chi connectivity index (χ4v) is 0.630. The van der Waals surface area contributed by atoms with Gasteiger partial charge in [0, 0.05) is 0 Å². The van der Waals surface area contributed by atoms with E-state index in [2.05, 4.69) is 5.32 Å². The lowest BCUT2D eigenvalue weighted by atomic mass is 10.6. The Morgan fingerprint density at radius 2 is 2.33 bits per heavy atom. The van der Waals surface area contributed by atoms with Crippen molar-refractivity contribution in [3.05, 3.63) is 0 Å². The van der Waals surface area contributed by atoms with Crippen LogP contribution in [0.5, 0.6) is 0 Å². The summed E-state index contributed by atoms with van der Waals surface area (Å²) in [5.41, 5.74) is 5.10. The molecule has 1 aliphatic rings. The van der Waals surface area contributed by atoms with E-state index in [1.54, 1.807) is 0 Å². The van der Waals surface area contributed by atoms with Crippen molar-refractivity contribution in [2.24, 2.45) is 5.73 Å². The Morgan fingerprint density at radius 3 is 2.56 bits per heavy atom. The Hall–Kier alpha value is -1.10. The highest BCUT2D eigenvalue weighted by atomic mass is 16.2. The number of nitrogens with one attached hydrogen (secondary N) is 1. The van der Waals surface area contributed by atoms with Crippen LogP contribution >= 0.6 is 0 Å². The number of rotatable bonds is 1. The molecule has 1 fully saturated rings. The predicted molar refractivity (Wildman–Crippen MR) is 29.3 cm³/mol.